The molecule has 0 radical (unpaired) electrons. The van der Waals surface area contributed by atoms with Gasteiger partial charge in [-0.1, -0.05) is 30.3 Å². The molecule has 3 N–H and O–H groups in total. The molecule has 1 aliphatic heterocycles. The van der Waals surface area contributed by atoms with Crippen molar-refractivity contribution in [3.63, 3.8) is 0 Å². The van der Waals surface area contributed by atoms with Crippen LogP contribution in [0.25, 0.3) is 0 Å². The molecule has 1 saturated heterocycles. The second-order valence-corrected chi connectivity index (χ2v) is 6.88. The first-order chi connectivity index (χ1) is 13.6. The van der Waals surface area contributed by atoms with Gasteiger partial charge in [-0.15, -0.1) is 12.6 Å². The number of para-hydroxylation sites is 1. The minimum absolute atomic E-state index is 0.0526. The van der Waals surface area contributed by atoms with Crippen LogP contribution in [0.4, 0.5) is 5.69 Å². The van der Waals surface area contributed by atoms with E-state index in [0.29, 0.717) is 18.8 Å². The number of ether oxygens (including phenoxy) is 1. The Morgan fingerprint density at radius 1 is 1.00 bits per heavy atom. The summed E-state index contributed by atoms with van der Waals surface area (Å²) in [4.78, 5) is 17.3. The number of thiol groups is 1. The fraction of sp³-hybridized carbons (Fsp3) is 0.381. The number of nitrogens with zero attached hydrogens (tertiary/aromatic N) is 2. The van der Waals surface area contributed by atoms with Crippen molar-refractivity contribution < 1.29 is 14.6 Å². The zero-order chi connectivity index (χ0) is 20.2. The van der Waals surface area contributed by atoms with Crippen LogP contribution in [0.3, 0.4) is 0 Å². The summed E-state index contributed by atoms with van der Waals surface area (Å²) in [5, 5.41) is 8.64. The normalized spacial score (nSPS) is 14.3. The van der Waals surface area contributed by atoms with Crippen molar-refractivity contribution in [1.82, 2.24) is 9.80 Å². The smallest absolute Gasteiger partial charge is 0.255 e. The number of aliphatic hydroxyl groups is 1. The number of anilines is 1. The highest BCUT2D eigenvalue weighted by molar-refractivity contribution is 7.80. The molecule has 0 unspecified atom stereocenters. The van der Waals surface area contributed by atoms with Gasteiger partial charge in [0, 0.05) is 43.3 Å². The molecule has 6 nitrogen and oxygen atoms in total. The van der Waals surface area contributed by atoms with Gasteiger partial charge in [0.25, 0.3) is 5.91 Å². The number of benzene rings is 2. The molecule has 1 amide bonds. The maximum atomic E-state index is 12.4. The number of hydrogen-bond acceptors (Lipinski definition) is 6. The third-order valence-electron chi connectivity index (χ3n) is 4.38. The summed E-state index contributed by atoms with van der Waals surface area (Å²) in [6, 6.07) is 16.9. The summed E-state index contributed by atoms with van der Waals surface area (Å²) in [5.41, 5.74) is 6.85. The highest BCUT2D eigenvalue weighted by Crippen LogP contribution is 2.16. The summed E-state index contributed by atoms with van der Waals surface area (Å²) in [6.45, 7) is 5.05. The van der Waals surface area contributed by atoms with Gasteiger partial charge in [0.1, 0.15) is 0 Å². The first-order valence-electron chi connectivity index (χ1n) is 9.40. The van der Waals surface area contributed by atoms with E-state index in [1.54, 1.807) is 0 Å². The highest BCUT2D eigenvalue weighted by Gasteiger charge is 2.22. The van der Waals surface area contributed by atoms with E-state index in [1.807, 2.05) is 59.5 Å². The van der Waals surface area contributed by atoms with E-state index in [0.717, 1.165) is 43.3 Å². The Balaban J connectivity index is 0.000000336. The van der Waals surface area contributed by atoms with Gasteiger partial charge in [-0.25, -0.2) is 0 Å². The Morgan fingerprint density at radius 2 is 1.64 bits per heavy atom. The molecular weight excluding hydrogens is 374 g/mol. The van der Waals surface area contributed by atoms with Crippen molar-refractivity contribution >= 4 is 24.2 Å². The van der Waals surface area contributed by atoms with Gasteiger partial charge in [0.05, 0.1) is 25.4 Å². The molecule has 0 saturated carbocycles. The molecule has 0 aromatic heterocycles. The molecule has 1 fully saturated rings. The monoisotopic (exact) mass is 403 g/mol. The molecule has 152 valence electrons. The average molecular weight is 404 g/mol. The van der Waals surface area contributed by atoms with Gasteiger partial charge in [-0.3, -0.25) is 9.69 Å². The summed E-state index contributed by atoms with van der Waals surface area (Å²) in [7, 11) is 0. The van der Waals surface area contributed by atoms with Gasteiger partial charge in [-0.2, -0.15) is 0 Å². The largest absolute Gasteiger partial charge is 0.399 e. The van der Waals surface area contributed by atoms with Crippen LogP contribution in [-0.4, -0.2) is 73.4 Å². The van der Waals surface area contributed by atoms with Crippen LogP contribution in [0.1, 0.15) is 10.4 Å². The molecule has 1 heterocycles. The van der Waals surface area contributed by atoms with Crippen LogP contribution in [0, 0.1) is 0 Å². The summed E-state index contributed by atoms with van der Waals surface area (Å²) < 4.78 is 5.26. The van der Waals surface area contributed by atoms with Crippen molar-refractivity contribution in [1.29, 1.82) is 0 Å². The van der Waals surface area contributed by atoms with Crippen LogP contribution in [0.5, 0.6) is 0 Å². The second-order valence-electron chi connectivity index (χ2n) is 6.40. The van der Waals surface area contributed by atoms with Crippen LogP contribution in [0.2, 0.25) is 0 Å². The van der Waals surface area contributed by atoms with Gasteiger partial charge in [-0.05, 0) is 24.3 Å². The molecule has 2 aromatic rings. The van der Waals surface area contributed by atoms with E-state index in [1.165, 1.54) is 0 Å². The minimum atomic E-state index is 0.0526. The van der Waals surface area contributed by atoms with Crippen LogP contribution in [-0.2, 0) is 4.74 Å². The number of aliphatic hydroxyl groups excluding tert-OH is 1. The van der Waals surface area contributed by atoms with E-state index in [4.69, 9.17) is 15.6 Å². The zero-order valence-corrected chi connectivity index (χ0v) is 16.9. The standard InChI is InChI=1S/C15H22N2O3S.C6H7N/c18-10-12-20-11-9-16-5-7-17(8-6-16)15(19)13-3-1-2-4-14(13)21;7-6-4-2-1-3-5-6/h1-4,18,21H,5-12H2;1-5H,7H2. The summed E-state index contributed by atoms with van der Waals surface area (Å²) in [6.07, 6.45) is 0. The van der Waals surface area contributed by atoms with Crippen molar-refractivity contribution in [2.24, 2.45) is 0 Å². The lowest BCUT2D eigenvalue weighted by Gasteiger charge is -2.34. The zero-order valence-electron chi connectivity index (χ0n) is 16.0. The fourth-order valence-electron chi connectivity index (χ4n) is 2.81. The second kappa shape index (κ2) is 12.4. The predicted octanol–water partition coefficient (Wildman–Crippen LogP) is 2.01. The predicted molar refractivity (Wildman–Crippen MR) is 115 cm³/mol. The number of hydrogen-bond donors (Lipinski definition) is 3. The molecule has 3 rings (SSSR count). The molecule has 0 aliphatic carbocycles. The van der Waals surface area contributed by atoms with Crippen molar-refractivity contribution in [3.8, 4) is 0 Å². The first-order valence-corrected chi connectivity index (χ1v) is 9.85. The number of nitrogens with two attached hydrogens (primary N) is 1. The molecule has 7 heteroatoms. The Morgan fingerprint density at radius 3 is 2.21 bits per heavy atom. The molecule has 2 aromatic carbocycles. The van der Waals surface area contributed by atoms with E-state index < -0.39 is 0 Å². The van der Waals surface area contributed by atoms with Crippen molar-refractivity contribution in [2.75, 3.05) is 58.3 Å². The lowest BCUT2D eigenvalue weighted by molar-refractivity contribution is 0.0484. The number of nitrogen functional groups attached to an aromatic ring is 1. The van der Waals surface area contributed by atoms with Gasteiger partial charge < -0.3 is 20.5 Å². The maximum Gasteiger partial charge on any atom is 0.255 e. The molecular formula is C21H29N3O3S. The van der Waals surface area contributed by atoms with Gasteiger partial charge >= 0.3 is 0 Å². The highest BCUT2D eigenvalue weighted by atomic mass is 32.1. The maximum absolute atomic E-state index is 12.4. The van der Waals surface area contributed by atoms with Crippen molar-refractivity contribution in [2.45, 2.75) is 4.90 Å². The number of amides is 1. The van der Waals surface area contributed by atoms with Crippen LogP contribution in [0.15, 0.2) is 59.5 Å². The van der Waals surface area contributed by atoms with Crippen LogP contribution < -0.4 is 5.73 Å². The van der Waals surface area contributed by atoms with E-state index in [9.17, 15) is 4.79 Å². The quantitative estimate of drug-likeness (QED) is 0.391. The number of carbonyl (C=O) groups is 1. The number of rotatable bonds is 6. The molecule has 0 atom stereocenters. The molecule has 28 heavy (non-hydrogen) atoms. The fourth-order valence-corrected chi connectivity index (χ4v) is 3.07. The summed E-state index contributed by atoms with van der Waals surface area (Å²) >= 11 is 4.35. The SMILES string of the molecule is Nc1ccccc1.O=C(c1ccccc1S)N1CCN(CCOCCO)CC1. The molecule has 0 bridgehead atoms. The third kappa shape index (κ3) is 7.52. The Hall–Kier alpha value is -2.06. The third-order valence-corrected chi connectivity index (χ3v) is 4.77. The Bertz CT molecular complexity index is 707. The Labute approximate surface area is 172 Å². The lowest BCUT2D eigenvalue weighted by atomic mass is 10.2. The number of piperazine rings is 1. The van der Waals surface area contributed by atoms with Crippen LogP contribution >= 0.6 is 12.6 Å². The molecule has 1 aliphatic rings. The lowest BCUT2D eigenvalue weighted by Crippen LogP contribution is -2.49. The van der Waals surface area contributed by atoms with Gasteiger partial charge in [0.2, 0.25) is 0 Å². The van der Waals surface area contributed by atoms with E-state index >= 15 is 0 Å². The molecule has 0 spiro atoms. The van der Waals surface area contributed by atoms with Crippen molar-refractivity contribution in [3.05, 3.63) is 60.2 Å². The topological polar surface area (TPSA) is 79.0 Å². The number of carbonyl (C=O) groups excluding carboxylic acids is 1. The Kier molecular flexibility index (Phi) is 9.85. The first kappa shape index (κ1) is 22.2. The average Bonchev–Trinajstić information content (AvgIpc) is 2.73. The van der Waals surface area contributed by atoms with E-state index in [2.05, 4.69) is 17.5 Å². The van der Waals surface area contributed by atoms with E-state index in [-0.39, 0.29) is 12.5 Å². The minimum Gasteiger partial charge on any atom is -0.399 e. The van der Waals surface area contributed by atoms with Gasteiger partial charge in [0.15, 0.2) is 0 Å². The summed E-state index contributed by atoms with van der Waals surface area (Å²) in [5.74, 6) is 0.0526.